The molecule has 3 nitrogen and oxygen atoms in total. The van der Waals surface area contributed by atoms with Crippen molar-refractivity contribution in [3.63, 3.8) is 0 Å². The van der Waals surface area contributed by atoms with Gasteiger partial charge >= 0.3 is 0 Å². The van der Waals surface area contributed by atoms with Gasteiger partial charge in [0.15, 0.2) is 5.78 Å². The van der Waals surface area contributed by atoms with Crippen LogP contribution in [0.25, 0.3) is 0 Å². The monoisotopic (exact) mass is 297 g/mol. The lowest BCUT2D eigenvalue weighted by Gasteiger charge is -2.22. The van der Waals surface area contributed by atoms with E-state index in [-0.39, 0.29) is 18.5 Å². The van der Waals surface area contributed by atoms with Gasteiger partial charge in [0, 0.05) is 10.0 Å². The smallest absolute Gasteiger partial charge is 0.188 e. The Hall–Kier alpha value is -0.710. The lowest BCUT2D eigenvalue weighted by molar-refractivity contribution is 0.0317. The molecule has 0 saturated carbocycles. The largest absolute Gasteiger partial charge is 0.370 e. The number of benzene rings is 1. The molecule has 1 aromatic carbocycles. The van der Waals surface area contributed by atoms with E-state index in [0.29, 0.717) is 5.56 Å². The molecule has 1 heterocycles. The summed E-state index contributed by atoms with van der Waals surface area (Å²) in [4.78, 5) is 11.9. The molecule has 1 fully saturated rings. The highest BCUT2D eigenvalue weighted by Crippen LogP contribution is 2.13. The van der Waals surface area contributed by atoms with Gasteiger partial charge in [-0.15, -0.1) is 0 Å². The molecule has 1 aliphatic heterocycles. The minimum atomic E-state index is 0.0461. The summed E-state index contributed by atoms with van der Waals surface area (Å²) in [6.07, 6.45) is 2.21. The molecule has 17 heavy (non-hydrogen) atoms. The zero-order chi connectivity index (χ0) is 12.1. The fraction of sp³-hybridized carbons (Fsp3) is 0.462. The number of ether oxygens (including phenoxy) is 1. The van der Waals surface area contributed by atoms with E-state index in [1.165, 1.54) is 0 Å². The number of ketones is 1. The summed E-state index contributed by atoms with van der Waals surface area (Å²) in [7, 11) is 0. The van der Waals surface area contributed by atoms with Crippen molar-refractivity contribution in [2.45, 2.75) is 18.9 Å². The first kappa shape index (κ1) is 12.7. The van der Waals surface area contributed by atoms with Crippen LogP contribution in [0.1, 0.15) is 23.2 Å². The topological polar surface area (TPSA) is 38.3 Å². The van der Waals surface area contributed by atoms with Crippen LogP contribution in [0, 0.1) is 0 Å². The van der Waals surface area contributed by atoms with Crippen LogP contribution in [0.2, 0.25) is 0 Å². The van der Waals surface area contributed by atoms with Crippen LogP contribution in [-0.4, -0.2) is 31.6 Å². The van der Waals surface area contributed by atoms with Gasteiger partial charge in [0.25, 0.3) is 0 Å². The number of halogens is 1. The number of nitrogens with one attached hydrogen (secondary N) is 1. The molecular weight excluding hydrogens is 282 g/mol. The Morgan fingerprint density at radius 1 is 1.41 bits per heavy atom. The predicted octanol–water partition coefficient (Wildman–Crippen LogP) is 2.40. The van der Waals surface area contributed by atoms with Gasteiger partial charge in [0.1, 0.15) is 6.61 Å². The van der Waals surface area contributed by atoms with Crippen LogP contribution < -0.4 is 5.32 Å². The van der Waals surface area contributed by atoms with Crippen molar-refractivity contribution < 1.29 is 9.53 Å². The van der Waals surface area contributed by atoms with E-state index in [9.17, 15) is 4.79 Å². The van der Waals surface area contributed by atoms with Gasteiger partial charge in [-0.3, -0.25) is 4.79 Å². The second kappa shape index (κ2) is 6.28. The summed E-state index contributed by atoms with van der Waals surface area (Å²) in [5, 5.41) is 3.27. The standard InChI is InChI=1S/C13H16BrNO2/c14-11-3-1-2-10(8-11)13(16)9-17-12-4-6-15-7-5-12/h1-3,8,12,15H,4-7,9H2. The predicted molar refractivity (Wildman–Crippen MR) is 70.3 cm³/mol. The average Bonchev–Trinajstić information content (AvgIpc) is 2.37. The molecule has 1 N–H and O–H groups in total. The number of hydrogen-bond acceptors (Lipinski definition) is 3. The molecule has 2 rings (SSSR count). The van der Waals surface area contributed by atoms with E-state index in [1.54, 1.807) is 0 Å². The van der Waals surface area contributed by atoms with Gasteiger partial charge in [0.05, 0.1) is 6.10 Å². The minimum absolute atomic E-state index is 0.0461. The highest BCUT2D eigenvalue weighted by molar-refractivity contribution is 9.10. The normalized spacial score (nSPS) is 17.0. The SMILES string of the molecule is O=C(COC1CCNCC1)c1cccc(Br)c1. The number of rotatable bonds is 4. The van der Waals surface area contributed by atoms with E-state index in [1.807, 2.05) is 24.3 Å². The fourth-order valence-corrected chi connectivity index (χ4v) is 2.30. The fourth-order valence-electron chi connectivity index (χ4n) is 1.90. The highest BCUT2D eigenvalue weighted by atomic mass is 79.9. The maximum absolute atomic E-state index is 11.9. The van der Waals surface area contributed by atoms with Crippen LogP contribution in [0.5, 0.6) is 0 Å². The average molecular weight is 298 g/mol. The first-order chi connectivity index (χ1) is 8.25. The zero-order valence-corrected chi connectivity index (χ0v) is 11.2. The first-order valence-corrected chi connectivity index (χ1v) is 6.66. The molecule has 0 spiro atoms. The van der Waals surface area contributed by atoms with Crippen molar-refractivity contribution in [2.24, 2.45) is 0 Å². The van der Waals surface area contributed by atoms with Crippen molar-refractivity contribution in [3.05, 3.63) is 34.3 Å². The van der Waals surface area contributed by atoms with Crippen molar-refractivity contribution in [1.29, 1.82) is 0 Å². The Balaban J connectivity index is 1.84. The van der Waals surface area contributed by atoms with Gasteiger partial charge < -0.3 is 10.1 Å². The Morgan fingerprint density at radius 3 is 2.88 bits per heavy atom. The van der Waals surface area contributed by atoms with Crippen molar-refractivity contribution in [1.82, 2.24) is 5.32 Å². The van der Waals surface area contributed by atoms with E-state index < -0.39 is 0 Å². The number of piperidine rings is 1. The molecule has 0 unspecified atom stereocenters. The molecule has 1 saturated heterocycles. The molecular formula is C13H16BrNO2. The second-order valence-electron chi connectivity index (χ2n) is 4.19. The van der Waals surface area contributed by atoms with E-state index in [4.69, 9.17) is 4.74 Å². The van der Waals surface area contributed by atoms with Gasteiger partial charge in [-0.25, -0.2) is 0 Å². The summed E-state index contributed by atoms with van der Waals surface area (Å²) >= 11 is 3.36. The first-order valence-electron chi connectivity index (χ1n) is 5.87. The Kier molecular flexibility index (Phi) is 4.71. The third kappa shape index (κ3) is 3.91. The molecule has 92 valence electrons. The van der Waals surface area contributed by atoms with Crippen LogP contribution in [0.4, 0.5) is 0 Å². The van der Waals surface area contributed by atoms with Gasteiger partial charge in [-0.05, 0) is 38.1 Å². The van der Waals surface area contributed by atoms with Gasteiger partial charge in [-0.1, -0.05) is 28.1 Å². The third-order valence-corrected chi connectivity index (χ3v) is 3.38. The lowest BCUT2D eigenvalue weighted by Crippen LogP contribution is -2.33. The van der Waals surface area contributed by atoms with Crippen LogP contribution in [0.15, 0.2) is 28.7 Å². The van der Waals surface area contributed by atoms with E-state index in [2.05, 4.69) is 21.2 Å². The van der Waals surface area contributed by atoms with Crippen LogP contribution >= 0.6 is 15.9 Å². The summed E-state index contributed by atoms with van der Waals surface area (Å²) in [6, 6.07) is 7.42. The van der Waals surface area contributed by atoms with Crippen molar-refractivity contribution in [2.75, 3.05) is 19.7 Å². The highest BCUT2D eigenvalue weighted by Gasteiger charge is 2.15. The number of hydrogen-bond donors (Lipinski definition) is 1. The van der Waals surface area contributed by atoms with Crippen LogP contribution in [-0.2, 0) is 4.74 Å². The molecule has 0 atom stereocenters. The number of Topliss-reactive ketones (excluding diaryl/α,β-unsaturated/α-hetero) is 1. The van der Waals surface area contributed by atoms with Crippen molar-refractivity contribution >= 4 is 21.7 Å². The van der Waals surface area contributed by atoms with Gasteiger partial charge in [0.2, 0.25) is 0 Å². The Bertz CT molecular complexity index is 389. The summed E-state index contributed by atoms with van der Waals surface area (Å²) in [5.41, 5.74) is 0.702. The zero-order valence-electron chi connectivity index (χ0n) is 9.62. The quantitative estimate of drug-likeness (QED) is 0.868. The molecule has 0 aromatic heterocycles. The molecule has 1 aromatic rings. The number of carbonyl (C=O) groups excluding carboxylic acids is 1. The third-order valence-electron chi connectivity index (χ3n) is 2.88. The van der Waals surface area contributed by atoms with E-state index in [0.717, 1.165) is 30.4 Å². The molecule has 1 aliphatic rings. The maximum Gasteiger partial charge on any atom is 0.188 e. The Morgan fingerprint density at radius 2 is 2.18 bits per heavy atom. The van der Waals surface area contributed by atoms with Gasteiger partial charge in [-0.2, -0.15) is 0 Å². The summed E-state index contributed by atoms with van der Waals surface area (Å²) in [6.45, 7) is 2.15. The lowest BCUT2D eigenvalue weighted by atomic mass is 10.1. The molecule has 0 radical (unpaired) electrons. The summed E-state index contributed by atoms with van der Waals surface area (Å²) < 4.78 is 6.56. The van der Waals surface area contributed by atoms with E-state index >= 15 is 0 Å². The molecule has 0 bridgehead atoms. The maximum atomic E-state index is 11.9. The molecule has 0 aliphatic carbocycles. The molecule has 4 heteroatoms. The van der Waals surface area contributed by atoms with Crippen LogP contribution in [0.3, 0.4) is 0 Å². The second-order valence-corrected chi connectivity index (χ2v) is 5.11. The number of carbonyl (C=O) groups is 1. The summed E-state index contributed by atoms with van der Waals surface area (Å²) in [5.74, 6) is 0.0461. The minimum Gasteiger partial charge on any atom is -0.370 e. The van der Waals surface area contributed by atoms with Crippen molar-refractivity contribution in [3.8, 4) is 0 Å². The molecule has 0 amide bonds. The Labute approximate surface area is 110 Å².